The van der Waals surface area contributed by atoms with Crippen molar-refractivity contribution >= 4 is 33.0 Å². The first-order valence-electron chi connectivity index (χ1n) is 9.17. The van der Waals surface area contributed by atoms with Gasteiger partial charge in [-0.2, -0.15) is 0 Å². The number of phenols is 1. The summed E-state index contributed by atoms with van der Waals surface area (Å²) < 4.78 is 29.2. The Hall–Kier alpha value is -3.64. The Balaban J connectivity index is 1.93. The average Bonchev–Trinajstić information content (AvgIpc) is 3.05. The predicted octanol–water partition coefficient (Wildman–Crippen LogP) is 4.30. The summed E-state index contributed by atoms with van der Waals surface area (Å²) in [5.74, 6) is -0.168. The predicted molar refractivity (Wildman–Crippen MR) is 115 cm³/mol. The van der Waals surface area contributed by atoms with Gasteiger partial charge in [0.15, 0.2) is 9.84 Å². The van der Waals surface area contributed by atoms with Gasteiger partial charge in [-0.05, 0) is 35.4 Å². The minimum Gasteiger partial charge on any atom is -0.507 e. The highest BCUT2D eigenvalue weighted by Crippen LogP contribution is 2.41. The van der Waals surface area contributed by atoms with Crippen LogP contribution in [0.25, 0.3) is 17.2 Å². The van der Waals surface area contributed by atoms with Crippen molar-refractivity contribution < 1.29 is 23.1 Å². The second-order valence-corrected chi connectivity index (χ2v) is 8.89. The van der Waals surface area contributed by atoms with Crippen LogP contribution in [-0.4, -0.2) is 25.7 Å². The number of phenolic OH excluding ortho intramolecular Hbond substituents is 1. The summed E-state index contributed by atoms with van der Waals surface area (Å²) in [4.78, 5) is 13.0. The molecule has 150 valence electrons. The zero-order valence-corrected chi connectivity index (χ0v) is 16.9. The van der Waals surface area contributed by atoms with Crippen molar-refractivity contribution in [3.63, 3.8) is 0 Å². The molecule has 0 saturated carbocycles. The van der Waals surface area contributed by atoms with E-state index in [9.17, 15) is 18.3 Å². The van der Waals surface area contributed by atoms with Gasteiger partial charge in [0.2, 0.25) is 0 Å². The Kier molecular flexibility index (Phi) is 5.01. The quantitative estimate of drug-likeness (QED) is 0.639. The van der Waals surface area contributed by atoms with E-state index in [-0.39, 0.29) is 16.4 Å². The van der Waals surface area contributed by atoms with Crippen molar-refractivity contribution in [1.29, 1.82) is 0 Å². The van der Waals surface area contributed by atoms with Gasteiger partial charge in [0.05, 0.1) is 10.5 Å². The van der Waals surface area contributed by atoms with E-state index in [0.29, 0.717) is 27.8 Å². The molecule has 0 bridgehead atoms. The third kappa shape index (κ3) is 3.77. The minimum atomic E-state index is -3.35. The molecule has 1 aliphatic rings. The molecule has 0 fully saturated rings. The Labute approximate surface area is 174 Å². The van der Waals surface area contributed by atoms with Crippen LogP contribution in [0.3, 0.4) is 0 Å². The number of hydrogen-bond donors (Lipinski definition) is 1. The third-order valence-electron chi connectivity index (χ3n) is 4.76. The summed E-state index contributed by atoms with van der Waals surface area (Å²) >= 11 is 0. The van der Waals surface area contributed by atoms with Crippen molar-refractivity contribution in [2.45, 2.75) is 4.90 Å². The van der Waals surface area contributed by atoms with E-state index in [2.05, 4.69) is 0 Å². The molecular weight excluding hydrogens is 400 g/mol. The molecule has 0 amide bonds. The molecular formula is C24H18O5S. The number of esters is 1. The van der Waals surface area contributed by atoms with Crippen molar-refractivity contribution in [2.24, 2.45) is 0 Å². The van der Waals surface area contributed by atoms with E-state index in [1.165, 1.54) is 12.1 Å². The van der Waals surface area contributed by atoms with Gasteiger partial charge in [-0.3, -0.25) is 0 Å². The number of sulfone groups is 1. The maximum Gasteiger partial charge on any atom is 0.344 e. The first-order valence-corrected chi connectivity index (χ1v) is 11.1. The standard InChI is InChI=1S/C24H18O5S/c1-30(27,28)19-13-11-17(12-14-19)22-21(15-18-9-5-6-10-20(18)25)29-24(26)23(22)16-7-3-2-4-8-16/h2-15,25H,1H3/b21-15-. The van der Waals surface area contributed by atoms with E-state index in [0.717, 1.165) is 6.26 Å². The molecule has 3 aromatic carbocycles. The van der Waals surface area contributed by atoms with Crippen LogP contribution in [0, 0.1) is 0 Å². The maximum atomic E-state index is 12.8. The third-order valence-corrected chi connectivity index (χ3v) is 5.89. The molecule has 0 unspecified atom stereocenters. The van der Waals surface area contributed by atoms with Crippen LogP contribution in [0.1, 0.15) is 16.7 Å². The van der Waals surface area contributed by atoms with Crippen molar-refractivity contribution in [2.75, 3.05) is 6.26 Å². The highest BCUT2D eigenvalue weighted by molar-refractivity contribution is 7.90. The number of carbonyl (C=O) groups is 1. The van der Waals surface area contributed by atoms with Crippen LogP contribution in [0.15, 0.2) is 89.5 Å². The van der Waals surface area contributed by atoms with Crippen LogP contribution >= 0.6 is 0 Å². The fourth-order valence-corrected chi connectivity index (χ4v) is 3.93. The number of rotatable bonds is 4. The SMILES string of the molecule is CS(=O)(=O)c1ccc(C2=C(c3ccccc3)C(=O)O/C2=C\c2ccccc2O)cc1. The number of allylic oxidation sites excluding steroid dienone is 1. The first-order chi connectivity index (χ1) is 14.3. The first kappa shape index (κ1) is 19.7. The number of benzene rings is 3. The molecule has 0 spiro atoms. The van der Waals surface area contributed by atoms with Crippen LogP contribution in [0.5, 0.6) is 5.75 Å². The van der Waals surface area contributed by atoms with E-state index in [1.807, 2.05) is 30.3 Å². The van der Waals surface area contributed by atoms with Crippen molar-refractivity contribution in [3.8, 4) is 5.75 Å². The number of hydrogen-bond acceptors (Lipinski definition) is 5. The molecule has 1 aliphatic heterocycles. The van der Waals surface area contributed by atoms with Gasteiger partial charge < -0.3 is 9.84 Å². The van der Waals surface area contributed by atoms with E-state index in [1.54, 1.807) is 42.5 Å². The van der Waals surface area contributed by atoms with E-state index in [4.69, 9.17) is 4.74 Å². The molecule has 6 heteroatoms. The highest BCUT2D eigenvalue weighted by atomic mass is 32.2. The lowest BCUT2D eigenvalue weighted by atomic mass is 9.94. The van der Waals surface area contributed by atoms with Gasteiger partial charge in [0, 0.05) is 17.4 Å². The average molecular weight is 418 g/mol. The second-order valence-electron chi connectivity index (χ2n) is 6.87. The zero-order chi connectivity index (χ0) is 21.3. The lowest BCUT2D eigenvalue weighted by Gasteiger charge is -2.08. The molecule has 1 heterocycles. The molecule has 0 radical (unpaired) electrons. The zero-order valence-electron chi connectivity index (χ0n) is 16.1. The lowest BCUT2D eigenvalue weighted by Crippen LogP contribution is -1.98. The Morgan fingerprint density at radius 1 is 0.800 bits per heavy atom. The Morgan fingerprint density at radius 3 is 2.03 bits per heavy atom. The molecule has 0 saturated heterocycles. The monoisotopic (exact) mass is 418 g/mol. The maximum absolute atomic E-state index is 12.8. The van der Waals surface area contributed by atoms with Gasteiger partial charge in [-0.25, -0.2) is 13.2 Å². The van der Waals surface area contributed by atoms with Crippen LogP contribution in [-0.2, 0) is 19.4 Å². The summed E-state index contributed by atoms with van der Waals surface area (Å²) in [5, 5.41) is 10.1. The number of para-hydroxylation sites is 1. The van der Waals surface area contributed by atoms with Crippen molar-refractivity contribution in [3.05, 3.63) is 101 Å². The van der Waals surface area contributed by atoms with E-state index < -0.39 is 15.8 Å². The van der Waals surface area contributed by atoms with Crippen molar-refractivity contribution in [1.82, 2.24) is 0 Å². The molecule has 30 heavy (non-hydrogen) atoms. The number of ether oxygens (including phenoxy) is 1. The highest BCUT2D eigenvalue weighted by Gasteiger charge is 2.32. The Morgan fingerprint density at radius 2 is 1.40 bits per heavy atom. The van der Waals surface area contributed by atoms with E-state index >= 15 is 0 Å². The summed E-state index contributed by atoms with van der Waals surface area (Å²) in [6.45, 7) is 0. The van der Waals surface area contributed by atoms with Crippen LogP contribution in [0.2, 0.25) is 0 Å². The summed E-state index contributed by atoms with van der Waals surface area (Å²) in [6, 6.07) is 22.1. The summed E-state index contributed by atoms with van der Waals surface area (Å²) in [5.41, 5.74) is 2.73. The summed E-state index contributed by atoms with van der Waals surface area (Å²) in [6.07, 6.45) is 2.74. The number of aromatic hydroxyl groups is 1. The number of carbonyl (C=O) groups excluding carboxylic acids is 1. The molecule has 4 rings (SSSR count). The molecule has 3 aromatic rings. The van der Waals surface area contributed by atoms with Crippen LogP contribution in [0.4, 0.5) is 0 Å². The van der Waals surface area contributed by atoms with Gasteiger partial charge >= 0.3 is 5.97 Å². The summed E-state index contributed by atoms with van der Waals surface area (Å²) in [7, 11) is -3.35. The molecule has 0 aromatic heterocycles. The van der Waals surface area contributed by atoms with Gasteiger partial charge in [-0.15, -0.1) is 0 Å². The normalized spacial score (nSPS) is 15.5. The smallest absolute Gasteiger partial charge is 0.344 e. The van der Waals surface area contributed by atoms with Crippen LogP contribution < -0.4 is 0 Å². The topological polar surface area (TPSA) is 80.7 Å². The van der Waals surface area contributed by atoms with Gasteiger partial charge in [-0.1, -0.05) is 60.7 Å². The largest absolute Gasteiger partial charge is 0.507 e. The molecule has 5 nitrogen and oxygen atoms in total. The molecule has 1 N–H and O–H groups in total. The number of cyclic esters (lactones) is 1. The fourth-order valence-electron chi connectivity index (χ4n) is 3.30. The molecule has 0 atom stereocenters. The fraction of sp³-hybridized carbons (Fsp3) is 0.0417. The lowest BCUT2D eigenvalue weighted by molar-refractivity contribution is -0.131. The Bertz CT molecular complexity index is 1280. The van der Waals surface area contributed by atoms with Gasteiger partial charge in [0.1, 0.15) is 11.5 Å². The molecule has 0 aliphatic carbocycles. The minimum absolute atomic E-state index is 0.0565. The van der Waals surface area contributed by atoms with Gasteiger partial charge in [0.25, 0.3) is 0 Å². The second kappa shape index (κ2) is 7.65.